The van der Waals surface area contributed by atoms with Crippen LogP contribution in [-0.4, -0.2) is 13.0 Å². The molecule has 0 aliphatic carbocycles. The topological polar surface area (TPSA) is 57.2 Å². The summed E-state index contributed by atoms with van der Waals surface area (Å²) in [5, 5.41) is 2.27. The molecule has 1 heterocycles. The maximum atomic E-state index is 10.4. The Kier molecular flexibility index (Phi) is 8.21. The van der Waals surface area contributed by atoms with Crippen LogP contribution < -0.4 is 0 Å². The Bertz CT molecular complexity index is 1410. The molecule has 0 bridgehead atoms. The lowest BCUT2D eigenvalue weighted by atomic mass is 10.1. The van der Waals surface area contributed by atoms with Crippen molar-refractivity contribution in [1.29, 1.82) is 0 Å². The van der Waals surface area contributed by atoms with Crippen molar-refractivity contribution in [2.45, 2.75) is 25.8 Å². The van der Waals surface area contributed by atoms with Gasteiger partial charge in [0.2, 0.25) is 4.21 Å². The molecule has 0 aliphatic heterocycles. The van der Waals surface area contributed by atoms with Gasteiger partial charge in [-0.2, -0.15) is 0 Å². The number of hydrogen-bond acceptors (Lipinski definition) is 4. The molecule has 5 aromatic rings. The predicted molar refractivity (Wildman–Crippen MR) is 144 cm³/mol. The number of aryl methyl sites for hydroxylation is 1. The predicted octanol–water partition coefficient (Wildman–Crippen LogP) is 7.41. The third kappa shape index (κ3) is 6.71. The van der Waals surface area contributed by atoms with Crippen LogP contribution in [-0.2, 0) is 21.0 Å². The van der Waals surface area contributed by atoms with Gasteiger partial charge in [-0.1, -0.05) is 95.8 Å². The molecule has 0 atom stereocenters. The highest BCUT2D eigenvalue weighted by atomic mass is 32.2. The zero-order valence-electron chi connectivity index (χ0n) is 19.1. The monoisotopic (exact) mass is 516 g/mol. The Morgan fingerprint density at radius 3 is 1.63 bits per heavy atom. The van der Waals surface area contributed by atoms with E-state index in [-0.39, 0.29) is 15.8 Å². The van der Waals surface area contributed by atoms with Crippen LogP contribution in [0.4, 0.5) is 0 Å². The van der Waals surface area contributed by atoms with Crippen LogP contribution in [0.5, 0.6) is 0 Å². The average molecular weight is 517 g/mol. The van der Waals surface area contributed by atoms with Crippen molar-refractivity contribution < 1.29 is 13.0 Å². The van der Waals surface area contributed by atoms with E-state index in [1.54, 1.807) is 12.1 Å². The third-order valence-corrected chi connectivity index (χ3v) is 9.52. The van der Waals surface area contributed by atoms with Crippen molar-refractivity contribution in [2.24, 2.45) is 0 Å². The molecule has 0 saturated heterocycles. The van der Waals surface area contributed by atoms with Gasteiger partial charge in [-0.3, -0.25) is 0 Å². The maximum absolute atomic E-state index is 10.4. The summed E-state index contributed by atoms with van der Waals surface area (Å²) in [6, 6.07) is 40.4. The molecule has 0 amide bonds. The molecule has 0 fully saturated rings. The number of hydrogen-bond donors (Lipinski definition) is 0. The maximum Gasteiger partial charge on any atom is 0.220 e. The van der Waals surface area contributed by atoms with Gasteiger partial charge in [-0.25, -0.2) is 8.42 Å². The largest absolute Gasteiger partial charge is 0.744 e. The molecule has 0 unspecified atom stereocenters. The van der Waals surface area contributed by atoms with Crippen molar-refractivity contribution >= 4 is 32.3 Å². The Hall–Kier alpha value is -3.16. The third-order valence-electron chi connectivity index (χ3n) is 5.15. The Morgan fingerprint density at radius 2 is 1.14 bits per heavy atom. The molecule has 4 aromatic carbocycles. The second kappa shape index (κ2) is 11.5. The zero-order chi connectivity index (χ0) is 24.7. The number of thiophene rings is 1. The number of benzene rings is 4. The molecule has 5 rings (SSSR count). The van der Waals surface area contributed by atoms with Gasteiger partial charge in [-0.15, -0.1) is 0 Å². The van der Waals surface area contributed by atoms with E-state index in [0.717, 1.165) is 5.56 Å². The van der Waals surface area contributed by atoms with Crippen LogP contribution in [0, 0.1) is 6.92 Å². The van der Waals surface area contributed by atoms with Crippen LogP contribution in [0.2, 0.25) is 0 Å². The van der Waals surface area contributed by atoms with E-state index in [1.807, 2.05) is 18.3 Å². The molecule has 0 N–H and O–H groups in total. The minimum atomic E-state index is -4.27. The van der Waals surface area contributed by atoms with Crippen molar-refractivity contribution in [3.63, 3.8) is 0 Å². The highest BCUT2D eigenvalue weighted by Crippen LogP contribution is 2.37. The summed E-state index contributed by atoms with van der Waals surface area (Å²) >= 11 is 1.85. The van der Waals surface area contributed by atoms with Crippen molar-refractivity contribution in [2.75, 3.05) is 0 Å². The summed E-state index contributed by atoms with van der Waals surface area (Å²) in [5.74, 6) is 0. The van der Waals surface area contributed by atoms with Gasteiger partial charge < -0.3 is 4.55 Å². The normalized spacial score (nSPS) is 11.1. The van der Waals surface area contributed by atoms with Gasteiger partial charge >= 0.3 is 0 Å². The lowest BCUT2D eigenvalue weighted by Crippen LogP contribution is -2.02. The molecule has 0 radical (unpaired) electrons. The highest BCUT2D eigenvalue weighted by Gasteiger charge is 2.30. The highest BCUT2D eigenvalue weighted by molar-refractivity contribution is 7.98. The van der Waals surface area contributed by atoms with E-state index in [1.165, 1.54) is 37.3 Å². The summed E-state index contributed by atoms with van der Waals surface area (Å²) in [4.78, 5) is 2.55. The van der Waals surface area contributed by atoms with Crippen LogP contribution >= 0.6 is 11.3 Å². The van der Waals surface area contributed by atoms with E-state index in [2.05, 4.69) is 102 Å². The smallest absolute Gasteiger partial charge is 0.220 e. The summed E-state index contributed by atoms with van der Waals surface area (Å²) in [5.41, 5.74) is 3.52. The van der Waals surface area contributed by atoms with Crippen LogP contribution in [0.3, 0.4) is 0 Å². The lowest BCUT2D eigenvalue weighted by molar-refractivity contribution is 0.463. The minimum absolute atomic E-state index is 0.0491. The fraction of sp³-hybridized carbons (Fsp3) is 0.0345. The first kappa shape index (κ1) is 24.9. The van der Waals surface area contributed by atoms with E-state index >= 15 is 0 Å². The Labute approximate surface area is 213 Å². The van der Waals surface area contributed by atoms with Gasteiger partial charge in [0.25, 0.3) is 0 Å². The summed E-state index contributed by atoms with van der Waals surface area (Å²) in [6.45, 7) is 1.82. The zero-order valence-corrected chi connectivity index (χ0v) is 21.5. The molecular formula is C29H24O3S3. The van der Waals surface area contributed by atoms with E-state index in [4.69, 9.17) is 0 Å². The molecule has 3 nitrogen and oxygen atoms in total. The second-order valence-electron chi connectivity index (χ2n) is 7.72. The van der Waals surface area contributed by atoms with Gasteiger partial charge in [0.15, 0.2) is 9.79 Å². The van der Waals surface area contributed by atoms with E-state index in [9.17, 15) is 13.0 Å². The van der Waals surface area contributed by atoms with Crippen molar-refractivity contribution in [3.05, 3.63) is 132 Å². The lowest BCUT2D eigenvalue weighted by Gasteiger charge is -2.05. The van der Waals surface area contributed by atoms with Crippen LogP contribution in [0.25, 0.3) is 11.1 Å². The van der Waals surface area contributed by atoms with Gasteiger partial charge in [0.1, 0.15) is 21.0 Å². The first-order valence-electron chi connectivity index (χ1n) is 10.9. The van der Waals surface area contributed by atoms with Crippen LogP contribution in [0.15, 0.2) is 146 Å². The molecule has 0 saturated carbocycles. The fourth-order valence-electron chi connectivity index (χ4n) is 3.39. The molecule has 0 aliphatic rings. The molecular weight excluding hydrogens is 493 g/mol. The van der Waals surface area contributed by atoms with Crippen molar-refractivity contribution in [1.82, 2.24) is 0 Å². The van der Waals surface area contributed by atoms with Crippen LogP contribution in [0.1, 0.15) is 5.56 Å². The summed E-state index contributed by atoms with van der Waals surface area (Å²) in [7, 11) is -4.32. The summed E-state index contributed by atoms with van der Waals surface area (Å²) in [6.07, 6.45) is 0. The average Bonchev–Trinajstić information content (AvgIpc) is 3.36. The molecule has 35 heavy (non-hydrogen) atoms. The minimum Gasteiger partial charge on any atom is -0.744 e. The SMILES string of the molecule is Cc1ccc(S(=O)(=O)[O-])cc1.c1ccc(-c2csc([S+](c3ccccc3)c3ccccc3)c2)cc1. The quantitative estimate of drug-likeness (QED) is 0.180. The first-order chi connectivity index (χ1) is 16.9. The standard InChI is InChI=1S/C22H17S2.C7H8O3S/c1-4-10-18(11-5-1)19-16-22(23-17-19)24(20-12-6-2-7-13-20)21-14-8-3-9-15-21;1-6-2-4-7(5-3-6)11(8,9)10/h1-17H;2-5H,1H3,(H,8,9,10)/q+1;/p-1. The van der Waals surface area contributed by atoms with Gasteiger partial charge in [0, 0.05) is 11.4 Å². The van der Waals surface area contributed by atoms with Gasteiger partial charge in [0.05, 0.1) is 4.90 Å². The fourth-order valence-corrected chi connectivity index (χ4v) is 7.45. The second-order valence-corrected chi connectivity index (χ2v) is 12.3. The van der Waals surface area contributed by atoms with Gasteiger partial charge in [-0.05, 0) is 54.4 Å². The molecule has 176 valence electrons. The molecule has 1 aromatic heterocycles. The van der Waals surface area contributed by atoms with E-state index < -0.39 is 10.1 Å². The number of rotatable bonds is 5. The Balaban J connectivity index is 0.000000221. The molecule has 6 heteroatoms. The Morgan fingerprint density at radius 1 is 0.657 bits per heavy atom. The van der Waals surface area contributed by atoms with Crippen molar-refractivity contribution in [3.8, 4) is 11.1 Å². The summed E-state index contributed by atoms with van der Waals surface area (Å²) < 4.78 is 32.6. The molecule has 0 spiro atoms. The van der Waals surface area contributed by atoms with E-state index in [0.29, 0.717) is 0 Å². The first-order valence-corrected chi connectivity index (χ1v) is 14.4.